The van der Waals surface area contributed by atoms with Gasteiger partial charge in [0, 0.05) is 30.1 Å². The van der Waals surface area contributed by atoms with Crippen LogP contribution in [0.5, 0.6) is 0 Å². The van der Waals surface area contributed by atoms with Gasteiger partial charge in [0.2, 0.25) is 5.91 Å². The van der Waals surface area contributed by atoms with Gasteiger partial charge < -0.3 is 4.90 Å². The van der Waals surface area contributed by atoms with Crippen LogP contribution in [0.4, 0.5) is 0 Å². The lowest BCUT2D eigenvalue weighted by Crippen LogP contribution is -2.53. The topological polar surface area (TPSA) is 23.6 Å². The van der Waals surface area contributed by atoms with Crippen LogP contribution in [0.1, 0.15) is 43.4 Å². The summed E-state index contributed by atoms with van der Waals surface area (Å²) in [5, 5.41) is 2.06. The lowest BCUT2D eigenvalue weighted by atomic mass is 9.84. The molecule has 0 aromatic carbocycles. The maximum Gasteiger partial charge on any atom is 0.227 e. The molecule has 0 N–H and O–H groups in total. The summed E-state index contributed by atoms with van der Waals surface area (Å²) in [6, 6.07) is 4.11. The third kappa shape index (κ3) is 2.95. The number of hydrogen-bond donors (Lipinski definition) is 0. The first-order chi connectivity index (χ1) is 10.8. The molecule has 4 rings (SSSR count). The molecule has 0 unspecified atom stereocenters. The molecule has 0 atom stereocenters. The Labute approximate surface area is 137 Å². The fourth-order valence-electron chi connectivity index (χ4n) is 4.30. The molecule has 2 aliphatic heterocycles. The number of carbonyl (C=O) groups is 1. The summed E-state index contributed by atoms with van der Waals surface area (Å²) in [6.07, 6.45) is 8.57. The number of amides is 1. The van der Waals surface area contributed by atoms with Gasteiger partial charge in [-0.3, -0.25) is 9.69 Å². The Morgan fingerprint density at radius 3 is 2.73 bits per heavy atom. The fourth-order valence-corrected chi connectivity index (χ4v) is 5.00. The number of piperidine rings is 1. The zero-order valence-corrected chi connectivity index (χ0v) is 14.1. The van der Waals surface area contributed by atoms with E-state index in [1.54, 1.807) is 11.3 Å². The zero-order valence-electron chi connectivity index (χ0n) is 13.3. The maximum absolute atomic E-state index is 12.5. The van der Waals surface area contributed by atoms with Crippen LogP contribution in [-0.4, -0.2) is 47.4 Å². The van der Waals surface area contributed by atoms with E-state index in [0.29, 0.717) is 17.9 Å². The van der Waals surface area contributed by atoms with Crippen LogP contribution in [0.15, 0.2) is 17.5 Å². The molecule has 3 fully saturated rings. The van der Waals surface area contributed by atoms with E-state index < -0.39 is 0 Å². The van der Waals surface area contributed by atoms with Crippen molar-refractivity contribution >= 4 is 17.2 Å². The first-order valence-corrected chi connectivity index (χ1v) is 9.68. The minimum atomic E-state index is 0.323. The Morgan fingerprint density at radius 2 is 2.05 bits per heavy atom. The van der Waals surface area contributed by atoms with Gasteiger partial charge in [0.15, 0.2) is 0 Å². The van der Waals surface area contributed by atoms with Gasteiger partial charge in [0.25, 0.3) is 0 Å². The SMILES string of the molecule is O=C(Cc1cccs1)N1CCC2(CCCN2CC2CC2)CC1. The monoisotopic (exact) mass is 318 g/mol. The minimum Gasteiger partial charge on any atom is -0.342 e. The van der Waals surface area contributed by atoms with Crippen LogP contribution in [0.2, 0.25) is 0 Å². The van der Waals surface area contributed by atoms with Gasteiger partial charge in [0.05, 0.1) is 6.42 Å². The van der Waals surface area contributed by atoms with Crippen LogP contribution in [0.25, 0.3) is 0 Å². The number of carbonyl (C=O) groups excluding carboxylic acids is 1. The molecule has 3 heterocycles. The third-order valence-corrected chi connectivity index (χ3v) is 6.75. The smallest absolute Gasteiger partial charge is 0.227 e. The van der Waals surface area contributed by atoms with Crippen molar-refractivity contribution in [1.29, 1.82) is 0 Å². The molecule has 22 heavy (non-hydrogen) atoms. The summed E-state index contributed by atoms with van der Waals surface area (Å²) < 4.78 is 0. The van der Waals surface area contributed by atoms with E-state index in [1.165, 1.54) is 56.5 Å². The summed E-state index contributed by atoms with van der Waals surface area (Å²) in [7, 11) is 0. The first kappa shape index (κ1) is 14.7. The maximum atomic E-state index is 12.5. The lowest BCUT2D eigenvalue weighted by molar-refractivity contribution is -0.132. The third-order valence-electron chi connectivity index (χ3n) is 5.87. The highest BCUT2D eigenvalue weighted by Crippen LogP contribution is 2.41. The summed E-state index contributed by atoms with van der Waals surface area (Å²) in [5.41, 5.74) is 0.433. The lowest BCUT2D eigenvalue weighted by Gasteiger charge is -2.45. The quantitative estimate of drug-likeness (QED) is 0.851. The molecule has 2 saturated heterocycles. The van der Waals surface area contributed by atoms with Crippen LogP contribution in [0.3, 0.4) is 0 Å². The minimum absolute atomic E-state index is 0.323. The standard InChI is InChI=1S/C18H26N2OS/c21-17(13-16-3-1-12-22-16)19-10-7-18(8-11-19)6-2-9-20(18)14-15-4-5-15/h1,3,12,15H,2,4-11,13-14H2. The summed E-state index contributed by atoms with van der Waals surface area (Å²) in [6.45, 7) is 4.54. The average Bonchev–Trinajstić information content (AvgIpc) is 3.05. The molecule has 0 radical (unpaired) electrons. The van der Waals surface area contributed by atoms with Crippen molar-refractivity contribution in [3.05, 3.63) is 22.4 Å². The predicted octanol–water partition coefficient (Wildman–Crippen LogP) is 3.16. The Balaban J connectivity index is 1.34. The van der Waals surface area contributed by atoms with E-state index in [9.17, 15) is 4.79 Å². The normalized spacial score (nSPS) is 25.0. The zero-order chi connectivity index (χ0) is 15.0. The molecule has 1 saturated carbocycles. The van der Waals surface area contributed by atoms with E-state index in [1.807, 2.05) is 6.07 Å². The van der Waals surface area contributed by atoms with E-state index in [4.69, 9.17) is 0 Å². The van der Waals surface area contributed by atoms with Gasteiger partial charge in [-0.2, -0.15) is 0 Å². The molecular formula is C18H26N2OS. The molecule has 4 heteroatoms. The van der Waals surface area contributed by atoms with E-state index >= 15 is 0 Å². The number of hydrogen-bond acceptors (Lipinski definition) is 3. The summed E-state index contributed by atoms with van der Waals surface area (Å²) in [4.78, 5) is 18.5. The van der Waals surface area contributed by atoms with Crippen molar-refractivity contribution < 1.29 is 4.79 Å². The van der Waals surface area contributed by atoms with Crippen LogP contribution < -0.4 is 0 Å². The highest BCUT2D eigenvalue weighted by molar-refractivity contribution is 7.10. The molecule has 1 amide bonds. The number of likely N-dealkylation sites (tertiary alicyclic amines) is 2. The van der Waals surface area contributed by atoms with Gasteiger partial charge in [-0.15, -0.1) is 11.3 Å². The Hall–Kier alpha value is -0.870. The van der Waals surface area contributed by atoms with Crippen molar-refractivity contribution in [3.63, 3.8) is 0 Å². The van der Waals surface area contributed by atoms with Crippen molar-refractivity contribution in [3.8, 4) is 0 Å². The van der Waals surface area contributed by atoms with Crippen molar-refractivity contribution in [2.75, 3.05) is 26.2 Å². The molecule has 1 aromatic rings. The van der Waals surface area contributed by atoms with Crippen molar-refractivity contribution in [1.82, 2.24) is 9.80 Å². The largest absolute Gasteiger partial charge is 0.342 e. The molecule has 0 bridgehead atoms. The summed E-state index contributed by atoms with van der Waals surface area (Å²) >= 11 is 1.69. The Morgan fingerprint density at radius 1 is 1.23 bits per heavy atom. The first-order valence-electron chi connectivity index (χ1n) is 8.80. The second kappa shape index (κ2) is 5.97. The molecule has 1 spiro atoms. The van der Waals surface area contributed by atoms with Gasteiger partial charge >= 0.3 is 0 Å². The predicted molar refractivity (Wildman–Crippen MR) is 90.1 cm³/mol. The highest BCUT2D eigenvalue weighted by atomic mass is 32.1. The number of rotatable bonds is 4. The highest BCUT2D eigenvalue weighted by Gasteiger charge is 2.45. The summed E-state index contributed by atoms with van der Waals surface area (Å²) in [5.74, 6) is 1.30. The molecule has 120 valence electrons. The fraction of sp³-hybridized carbons (Fsp3) is 0.722. The van der Waals surface area contributed by atoms with Crippen LogP contribution >= 0.6 is 11.3 Å². The Bertz CT molecular complexity index is 515. The van der Waals surface area contributed by atoms with Crippen LogP contribution in [-0.2, 0) is 11.2 Å². The van der Waals surface area contributed by atoms with E-state index in [0.717, 1.165) is 19.0 Å². The molecule has 1 aliphatic carbocycles. The second-order valence-corrected chi connectivity index (χ2v) is 8.39. The Kier molecular flexibility index (Phi) is 3.99. The molecule has 3 nitrogen and oxygen atoms in total. The molecular weight excluding hydrogens is 292 g/mol. The number of thiophene rings is 1. The second-order valence-electron chi connectivity index (χ2n) is 7.35. The van der Waals surface area contributed by atoms with Crippen molar-refractivity contribution in [2.24, 2.45) is 5.92 Å². The van der Waals surface area contributed by atoms with Gasteiger partial charge in [-0.05, 0) is 62.4 Å². The van der Waals surface area contributed by atoms with Crippen LogP contribution in [0, 0.1) is 5.92 Å². The van der Waals surface area contributed by atoms with Crippen molar-refractivity contribution in [2.45, 2.75) is 50.5 Å². The van der Waals surface area contributed by atoms with E-state index in [-0.39, 0.29) is 0 Å². The molecule has 3 aliphatic rings. The van der Waals surface area contributed by atoms with Gasteiger partial charge in [-0.25, -0.2) is 0 Å². The average molecular weight is 318 g/mol. The van der Waals surface area contributed by atoms with Gasteiger partial charge in [0.1, 0.15) is 0 Å². The number of nitrogens with zero attached hydrogens (tertiary/aromatic N) is 2. The van der Waals surface area contributed by atoms with Gasteiger partial charge in [-0.1, -0.05) is 6.07 Å². The van der Waals surface area contributed by atoms with E-state index in [2.05, 4.69) is 21.2 Å². The molecule has 1 aromatic heterocycles.